The zero-order chi connectivity index (χ0) is 25.3. The standard InChI is InChI=1S/C29H31ClN4O2/c1-33(20-22-11-4-2-5-12-22)28(35)21-34-26-16-8-7-15-25(26)32-27(34)17-6-3-9-18-31-29(36)23-13-10-14-24(30)19-23/h2,4-5,7-8,10-16,19H,3,6,9,17-18,20-21H2,1H3,(H,31,36). The molecule has 0 fully saturated rings. The summed E-state index contributed by atoms with van der Waals surface area (Å²) in [4.78, 5) is 31.9. The SMILES string of the molecule is CN(Cc1ccccc1)C(=O)Cn1c(CCCCCNC(=O)c2cccc(Cl)c2)nc2ccccc21. The largest absolute Gasteiger partial charge is 0.352 e. The van der Waals surface area contributed by atoms with Gasteiger partial charge in [-0.3, -0.25) is 9.59 Å². The Kier molecular flexibility index (Phi) is 8.74. The first kappa shape index (κ1) is 25.5. The van der Waals surface area contributed by atoms with E-state index in [2.05, 4.69) is 5.32 Å². The zero-order valence-corrected chi connectivity index (χ0v) is 21.2. The van der Waals surface area contributed by atoms with Gasteiger partial charge in [-0.1, -0.05) is 66.6 Å². The second-order valence-electron chi connectivity index (χ2n) is 8.92. The maximum Gasteiger partial charge on any atom is 0.251 e. The van der Waals surface area contributed by atoms with Crippen LogP contribution in [-0.4, -0.2) is 39.9 Å². The molecule has 4 rings (SSSR count). The van der Waals surface area contributed by atoms with Crippen molar-refractivity contribution in [3.05, 3.63) is 101 Å². The lowest BCUT2D eigenvalue weighted by atomic mass is 10.1. The highest BCUT2D eigenvalue weighted by atomic mass is 35.5. The van der Waals surface area contributed by atoms with Crippen molar-refractivity contribution >= 4 is 34.4 Å². The van der Waals surface area contributed by atoms with Crippen LogP contribution < -0.4 is 5.32 Å². The molecule has 0 aliphatic rings. The van der Waals surface area contributed by atoms with Crippen LogP contribution in [0.4, 0.5) is 0 Å². The summed E-state index contributed by atoms with van der Waals surface area (Å²) in [7, 11) is 1.84. The molecule has 0 saturated carbocycles. The number of aryl methyl sites for hydroxylation is 1. The Hall–Kier alpha value is -3.64. The summed E-state index contributed by atoms with van der Waals surface area (Å²) in [5, 5.41) is 3.50. The number of fused-ring (bicyclic) bond motifs is 1. The van der Waals surface area contributed by atoms with Crippen molar-refractivity contribution in [3.8, 4) is 0 Å². The number of aromatic nitrogens is 2. The van der Waals surface area contributed by atoms with E-state index in [1.165, 1.54) is 0 Å². The van der Waals surface area contributed by atoms with Crippen LogP contribution in [0.15, 0.2) is 78.9 Å². The molecule has 4 aromatic rings. The van der Waals surface area contributed by atoms with Crippen LogP contribution >= 0.6 is 11.6 Å². The molecule has 0 bridgehead atoms. The molecule has 7 heteroatoms. The van der Waals surface area contributed by atoms with E-state index in [4.69, 9.17) is 16.6 Å². The molecule has 6 nitrogen and oxygen atoms in total. The summed E-state index contributed by atoms with van der Waals surface area (Å²) >= 11 is 5.97. The average Bonchev–Trinajstić information content (AvgIpc) is 3.23. The number of hydrogen-bond donors (Lipinski definition) is 1. The maximum absolute atomic E-state index is 13.1. The zero-order valence-electron chi connectivity index (χ0n) is 20.5. The molecule has 2 amide bonds. The van der Waals surface area contributed by atoms with Crippen LogP contribution in [0.1, 0.15) is 41.0 Å². The lowest BCUT2D eigenvalue weighted by molar-refractivity contribution is -0.131. The number of nitrogens with one attached hydrogen (secondary N) is 1. The number of amides is 2. The van der Waals surface area contributed by atoms with Gasteiger partial charge in [0.2, 0.25) is 5.91 Å². The van der Waals surface area contributed by atoms with E-state index < -0.39 is 0 Å². The summed E-state index contributed by atoms with van der Waals surface area (Å²) in [6.07, 6.45) is 3.50. The van der Waals surface area contributed by atoms with Gasteiger partial charge in [0.1, 0.15) is 12.4 Å². The van der Waals surface area contributed by atoms with Gasteiger partial charge in [-0.05, 0) is 48.7 Å². The topological polar surface area (TPSA) is 67.2 Å². The van der Waals surface area contributed by atoms with Crippen LogP contribution in [-0.2, 0) is 24.3 Å². The van der Waals surface area contributed by atoms with Gasteiger partial charge in [0, 0.05) is 37.1 Å². The van der Waals surface area contributed by atoms with Crippen molar-refractivity contribution in [3.63, 3.8) is 0 Å². The second kappa shape index (κ2) is 12.4. The molecule has 186 valence electrons. The molecule has 0 saturated heterocycles. The molecule has 0 unspecified atom stereocenters. The lowest BCUT2D eigenvalue weighted by Gasteiger charge is -2.19. The van der Waals surface area contributed by atoms with Crippen molar-refractivity contribution in [2.45, 2.75) is 38.8 Å². The quantitative estimate of drug-likeness (QED) is 0.276. The van der Waals surface area contributed by atoms with E-state index >= 15 is 0 Å². The van der Waals surface area contributed by atoms with Crippen molar-refractivity contribution in [1.82, 2.24) is 19.8 Å². The fourth-order valence-corrected chi connectivity index (χ4v) is 4.40. The number of carbonyl (C=O) groups excluding carboxylic acids is 2. The Morgan fingerprint density at radius 2 is 1.72 bits per heavy atom. The molecule has 3 aromatic carbocycles. The minimum Gasteiger partial charge on any atom is -0.352 e. The molecule has 1 N–H and O–H groups in total. The number of para-hydroxylation sites is 2. The minimum absolute atomic E-state index is 0.0481. The highest BCUT2D eigenvalue weighted by Crippen LogP contribution is 2.19. The molecule has 0 atom stereocenters. The number of halogens is 1. The minimum atomic E-state index is -0.113. The third kappa shape index (κ3) is 6.73. The Bertz CT molecular complexity index is 1320. The third-order valence-electron chi connectivity index (χ3n) is 6.16. The number of likely N-dealkylation sites (N-methyl/N-ethyl adjacent to an activating group) is 1. The van der Waals surface area contributed by atoms with Crippen molar-refractivity contribution in [1.29, 1.82) is 0 Å². The van der Waals surface area contributed by atoms with Gasteiger partial charge in [-0.15, -0.1) is 0 Å². The Morgan fingerprint density at radius 3 is 2.53 bits per heavy atom. The summed E-state index contributed by atoms with van der Waals surface area (Å²) < 4.78 is 2.04. The van der Waals surface area contributed by atoms with Gasteiger partial charge in [-0.2, -0.15) is 0 Å². The Balaban J connectivity index is 1.31. The van der Waals surface area contributed by atoms with Gasteiger partial charge in [0.15, 0.2) is 0 Å². The molecule has 0 radical (unpaired) electrons. The van der Waals surface area contributed by atoms with E-state index in [1.807, 2.05) is 66.2 Å². The van der Waals surface area contributed by atoms with Crippen LogP contribution in [0.2, 0.25) is 5.02 Å². The van der Waals surface area contributed by atoms with Crippen LogP contribution in [0.3, 0.4) is 0 Å². The van der Waals surface area contributed by atoms with Crippen molar-refractivity contribution in [2.75, 3.05) is 13.6 Å². The average molecular weight is 503 g/mol. The highest BCUT2D eigenvalue weighted by molar-refractivity contribution is 6.30. The molecule has 1 aromatic heterocycles. The molecular weight excluding hydrogens is 472 g/mol. The third-order valence-corrected chi connectivity index (χ3v) is 6.40. The van der Waals surface area contributed by atoms with Crippen LogP contribution in [0.5, 0.6) is 0 Å². The van der Waals surface area contributed by atoms with Gasteiger partial charge in [0.25, 0.3) is 5.91 Å². The first-order valence-corrected chi connectivity index (χ1v) is 12.6. The van der Waals surface area contributed by atoms with Gasteiger partial charge in [0.05, 0.1) is 11.0 Å². The molecule has 1 heterocycles. The Morgan fingerprint density at radius 1 is 0.944 bits per heavy atom. The monoisotopic (exact) mass is 502 g/mol. The molecule has 36 heavy (non-hydrogen) atoms. The van der Waals surface area contributed by atoms with Gasteiger partial charge >= 0.3 is 0 Å². The second-order valence-corrected chi connectivity index (χ2v) is 9.35. The predicted molar refractivity (Wildman–Crippen MR) is 144 cm³/mol. The van der Waals surface area contributed by atoms with E-state index in [1.54, 1.807) is 29.2 Å². The number of hydrogen-bond acceptors (Lipinski definition) is 3. The van der Waals surface area contributed by atoms with E-state index in [0.29, 0.717) is 23.7 Å². The number of rotatable bonds is 11. The number of benzene rings is 3. The predicted octanol–water partition coefficient (Wildman–Crippen LogP) is 5.49. The fourth-order valence-electron chi connectivity index (χ4n) is 4.21. The van der Waals surface area contributed by atoms with Gasteiger partial charge < -0.3 is 14.8 Å². The Labute approximate surface area is 216 Å². The van der Waals surface area contributed by atoms with Crippen LogP contribution in [0, 0.1) is 0 Å². The number of unbranched alkanes of at least 4 members (excludes halogenated alkanes) is 2. The fraction of sp³-hybridized carbons (Fsp3) is 0.276. The normalized spacial score (nSPS) is 10.9. The number of nitrogens with zero attached hydrogens (tertiary/aromatic N) is 3. The summed E-state index contributed by atoms with van der Waals surface area (Å²) in [5.41, 5.74) is 3.55. The van der Waals surface area contributed by atoms with Gasteiger partial charge in [-0.25, -0.2) is 4.98 Å². The van der Waals surface area contributed by atoms with Crippen molar-refractivity contribution < 1.29 is 9.59 Å². The molecule has 0 spiro atoms. The number of imidazole rings is 1. The lowest BCUT2D eigenvalue weighted by Crippen LogP contribution is -2.30. The van der Waals surface area contributed by atoms with Crippen LogP contribution in [0.25, 0.3) is 11.0 Å². The number of carbonyl (C=O) groups is 2. The maximum atomic E-state index is 13.1. The van der Waals surface area contributed by atoms with Crippen molar-refractivity contribution in [2.24, 2.45) is 0 Å². The summed E-state index contributed by atoms with van der Waals surface area (Å²) in [6, 6.07) is 24.9. The van der Waals surface area contributed by atoms with E-state index in [9.17, 15) is 9.59 Å². The van der Waals surface area contributed by atoms with E-state index in [-0.39, 0.29) is 18.4 Å². The molecule has 0 aliphatic heterocycles. The molecule has 0 aliphatic carbocycles. The highest BCUT2D eigenvalue weighted by Gasteiger charge is 2.16. The summed E-state index contributed by atoms with van der Waals surface area (Å²) in [5.74, 6) is 0.852. The first-order chi connectivity index (χ1) is 17.5. The van der Waals surface area contributed by atoms with E-state index in [0.717, 1.165) is 48.1 Å². The smallest absolute Gasteiger partial charge is 0.251 e. The first-order valence-electron chi connectivity index (χ1n) is 12.3. The summed E-state index contributed by atoms with van der Waals surface area (Å²) in [6.45, 7) is 1.43. The molecular formula is C29H31ClN4O2.